The summed E-state index contributed by atoms with van der Waals surface area (Å²) in [5, 5.41) is 3.60. The minimum Gasteiger partial charge on any atom is -0.306 e. The van der Waals surface area contributed by atoms with Gasteiger partial charge in [-0.1, -0.05) is 29.9 Å². The second-order valence-electron chi connectivity index (χ2n) is 4.20. The Morgan fingerprint density at radius 3 is 3.31 bits per heavy atom. The highest BCUT2D eigenvalue weighted by Crippen LogP contribution is 2.37. The lowest BCUT2D eigenvalue weighted by Crippen LogP contribution is -2.38. The Balaban J connectivity index is 2.05. The summed E-state index contributed by atoms with van der Waals surface area (Å²) in [5.41, 5.74) is 3.31. The van der Waals surface area contributed by atoms with Crippen molar-refractivity contribution in [2.45, 2.75) is 25.3 Å². The zero-order valence-electron chi connectivity index (χ0n) is 7.79. The molecule has 1 nitrogen and oxygen atoms in total. The normalized spacial score (nSPS) is 36.3. The van der Waals surface area contributed by atoms with Gasteiger partial charge < -0.3 is 5.32 Å². The van der Waals surface area contributed by atoms with E-state index in [-0.39, 0.29) is 0 Å². The fourth-order valence-corrected chi connectivity index (χ4v) is 2.82. The maximum atomic E-state index is 3.60. The van der Waals surface area contributed by atoms with Gasteiger partial charge in [-0.2, -0.15) is 0 Å². The van der Waals surface area contributed by atoms with E-state index in [0.717, 1.165) is 5.92 Å². The Labute approximate surface area is 79.2 Å². The van der Waals surface area contributed by atoms with Crippen LogP contribution in [0.4, 0.5) is 0 Å². The van der Waals surface area contributed by atoms with E-state index >= 15 is 0 Å². The summed E-state index contributed by atoms with van der Waals surface area (Å²) < 4.78 is 0. The molecule has 68 valence electrons. The average molecular weight is 173 g/mol. The van der Waals surface area contributed by atoms with Gasteiger partial charge >= 0.3 is 0 Å². The van der Waals surface area contributed by atoms with E-state index in [9.17, 15) is 0 Å². The van der Waals surface area contributed by atoms with E-state index in [0.29, 0.717) is 6.04 Å². The van der Waals surface area contributed by atoms with Crippen LogP contribution >= 0.6 is 0 Å². The molecule has 2 atom stereocenters. The molecule has 0 aromatic heterocycles. The average Bonchev–Trinajstić information content (AvgIpc) is 2.65. The van der Waals surface area contributed by atoms with Crippen molar-refractivity contribution in [3.63, 3.8) is 0 Å². The number of allylic oxidation sites excluding steroid dienone is 2. The molecule has 1 unspecified atom stereocenters. The first-order chi connectivity index (χ1) is 6.45. The SMILES string of the molecule is C1=CC2=C3CCC[C@H]3CNC2C=C1. The maximum absolute atomic E-state index is 3.60. The molecule has 1 heterocycles. The Morgan fingerprint density at radius 1 is 1.31 bits per heavy atom. The third-order valence-corrected chi connectivity index (χ3v) is 3.47. The zero-order chi connectivity index (χ0) is 8.67. The molecule has 13 heavy (non-hydrogen) atoms. The summed E-state index contributed by atoms with van der Waals surface area (Å²) in [6.45, 7) is 1.20. The van der Waals surface area contributed by atoms with Crippen molar-refractivity contribution in [3.05, 3.63) is 35.5 Å². The zero-order valence-corrected chi connectivity index (χ0v) is 7.79. The topological polar surface area (TPSA) is 12.0 Å². The van der Waals surface area contributed by atoms with Crippen molar-refractivity contribution in [2.24, 2.45) is 5.92 Å². The molecule has 2 aliphatic carbocycles. The smallest absolute Gasteiger partial charge is 0.0509 e. The van der Waals surface area contributed by atoms with Crippen LogP contribution in [-0.4, -0.2) is 12.6 Å². The molecular formula is C12H15N. The monoisotopic (exact) mass is 173 g/mol. The van der Waals surface area contributed by atoms with E-state index in [1.165, 1.54) is 25.8 Å². The standard InChI is InChI=1S/C12H15N/c1-2-7-12-11(5-1)10-6-3-4-9(10)8-13-12/h1-2,5,7,9,12-13H,3-4,6,8H2/t9-,12?/m0/s1. The Hall–Kier alpha value is -0.820. The van der Waals surface area contributed by atoms with Crippen LogP contribution in [0.3, 0.4) is 0 Å². The molecule has 1 aliphatic heterocycles. The molecule has 3 rings (SSSR count). The quantitative estimate of drug-likeness (QED) is 0.592. The third-order valence-electron chi connectivity index (χ3n) is 3.47. The van der Waals surface area contributed by atoms with E-state index in [4.69, 9.17) is 0 Å². The van der Waals surface area contributed by atoms with Crippen molar-refractivity contribution in [1.82, 2.24) is 5.32 Å². The molecule has 1 saturated carbocycles. The molecule has 0 aromatic carbocycles. The number of fused-ring (bicyclic) bond motifs is 2. The molecule has 3 aliphatic rings. The van der Waals surface area contributed by atoms with Gasteiger partial charge in [0.1, 0.15) is 0 Å². The molecule has 0 spiro atoms. The first-order valence-electron chi connectivity index (χ1n) is 5.26. The van der Waals surface area contributed by atoms with Gasteiger partial charge in [-0.05, 0) is 30.8 Å². The van der Waals surface area contributed by atoms with Crippen molar-refractivity contribution in [3.8, 4) is 0 Å². The minimum absolute atomic E-state index is 0.523. The predicted octanol–water partition coefficient (Wildman–Crippen LogP) is 2.18. The first-order valence-corrected chi connectivity index (χ1v) is 5.26. The molecule has 0 amide bonds. The number of rotatable bonds is 0. The Morgan fingerprint density at radius 2 is 2.31 bits per heavy atom. The minimum atomic E-state index is 0.523. The molecule has 1 heteroatoms. The fraction of sp³-hybridized carbons (Fsp3) is 0.500. The number of hydrogen-bond donors (Lipinski definition) is 1. The highest BCUT2D eigenvalue weighted by molar-refractivity contribution is 5.43. The number of nitrogens with one attached hydrogen (secondary N) is 1. The van der Waals surface area contributed by atoms with Crippen molar-refractivity contribution >= 4 is 0 Å². The molecule has 0 saturated heterocycles. The number of hydrogen-bond acceptors (Lipinski definition) is 1. The van der Waals surface area contributed by atoms with Crippen LogP contribution in [0.1, 0.15) is 19.3 Å². The van der Waals surface area contributed by atoms with E-state index in [1.54, 1.807) is 11.1 Å². The summed E-state index contributed by atoms with van der Waals surface area (Å²) in [5.74, 6) is 0.849. The third kappa shape index (κ3) is 1.11. The van der Waals surface area contributed by atoms with Gasteiger partial charge in [0.25, 0.3) is 0 Å². The van der Waals surface area contributed by atoms with Gasteiger partial charge in [-0.15, -0.1) is 0 Å². The van der Waals surface area contributed by atoms with Gasteiger partial charge in [0.05, 0.1) is 6.04 Å². The Kier molecular flexibility index (Phi) is 1.66. The first kappa shape index (κ1) is 7.57. The van der Waals surface area contributed by atoms with Crippen molar-refractivity contribution in [1.29, 1.82) is 0 Å². The fourth-order valence-electron chi connectivity index (χ4n) is 2.82. The lowest BCUT2D eigenvalue weighted by atomic mass is 9.87. The molecule has 0 aromatic rings. The van der Waals surface area contributed by atoms with Crippen molar-refractivity contribution in [2.75, 3.05) is 6.54 Å². The molecule has 0 bridgehead atoms. The highest BCUT2D eigenvalue weighted by Gasteiger charge is 2.30. The van der Waals surface area contributed by atoms with E-state index in [2.05, 4.69) is 29.6 Å². The summed E-state index contributed by atoms with van der Waals surface area (Å²) in [4.78, 5) is 0. The summed E-state index contributed by atoms with van der Waals surface area (Å²) in [6, 6.07) is 0.523. The molecule has 1 fully saturated rings. The van der Waals surface area contributed by atoms with Crippen LogP contribution in [0.5, 0.6) is 0 Å². The Bertz CT molecular complexity index is 309. The van der Waals surface area contributed by atoms with Crippen LogP contribution in [0.2, 0.25) is 0 Å². The summed E-state index contributed by atoms with van der Waals surface area (Å²) >= 11 is 0. The van der Waals surface area contributed by atoms with Gasteiger partial charge in [0.2, 0.25) is 0 Å². The predicted molar refractivity (Wildman–Crippen MR) is 54.4 cm³/mol. The van der Waals surface area contributed by atoms with Crippen LogP contribution < -0.4 is 5.32 Å². The van der Waals surface area contributed by atoms with E-state index < -0.39 is 0 Å². The lowest BCUT2D eigenvalue weighted by molar-refractivity contribution is 0.497. The second-order valence-corrected chi connectivity index (χ2v) is 4.20. The maximum Gasteiger partial charge on any atom is 0.0509 e. The second kappa shape index (κ2) is 2.85. The highest BCUT2D eigenvalue weighted by atomic mass is 14.9. The van der Waals surface area contributed by atoms with Crippen LogP contribution in [-0.2, 0) is 0 Å². The van der Waals surface area contributed by atoms with Crippen LogP contribution in [0, 0.1) is 5.92 Å². The summed E-state index contributed by atoms with van der Waals surface area (Å²) in [6.07, 6.45) is 13.0. The van der Waals surface area contributed by atoms with Gasteiger partial charge in [-0.3, -0.25) is 0 Å². The largest absolute Gasteiger partial charge is 0.306 e. The van der Waals surface area contributed by atoms with Crippen LogP contribution in [0.15, 0.2) is 35.5 Å². The van der Waals surface area contributed by atoms with Crippen molar-refractivity contribution < 1.29 is 0 Å². The molecule has 1 N–H and O–H groups in total. The molecule has 0 radical (unpaired) electrons. The van der Waals surface area contributed by atoms with Gasteiger partial charge in [-0.25, -0.2) is 0 Å². The summed E-state index contributed by atoms with van der Waals surface area (Å²) in [7, 11) is 0. The lowest BCUT2D eigenvalue weighted by Gasteiger charge is -2.30. The molecular weight excluding hydrogens is 158 g/mol. The van der Waals surface area contributed by atoms with Gasteiger partial charge in [0, 0.05) is 6.54 Å². The van der Waals surface area contributed by atoms with Crippen LogP contribution in [0.25, 0.3) is 0 Å². The van der Waals surface area contributed by atoms with E-state index in [1.807, 2.05) is 0 Å². The van der Waals surface area contributed by atoms with Gasteiger partial charge in [0.15, 0.2) is 0 Å².